The van der Waals surface area contributed by atoms with Gasteiger partial charge in [-0.25, -0.2) is 0 Å². The Labute approximate surface area is 206 Å². The summed E-state index contributed by atoms with van der Waals surface area (Å²) in [6, 6.07) is 10.5. The number of ether oxygens (including phenoxy) is 1. The molecule has 6 heteroatoms. The Bertz CT molecular complexity index is 974. The van der Waals surface area contributed by atoms with Gasteiger partial charge in [0.2, 0.25) is 0 Å². The SMILES string of the molecule is CCCCc1cc(Cl)c(/C=C/c2ccc3c(c2)OCC32CCN(CCC(O)O)CC2)c(Cl)c1. The molecule has 0 saturated carbocycles. The van der Waals surface area contributed by atoms with Crippen molar-refractivity contribution in [2.75, 3.05) is 26.2 Å². The van der Waals surface area contributed by atoms with Gasteiger partial charge in [-0.2, -0.15) is 0 Å². The topological polar surface area (TPSA) is 52.9 Å². The predicted molar refractivity (Wildman–Crippen MR) is 136 cm³/mol. The van der Waals surface area contributed by atoms with Crippen LogP contribution in [0.2, 0.25) is 10.0 Å². The number of rotatable bonds is 8. The number of benzene rings is 2. The fraction of sp³-hybridized carbons (Fsp3) is 0.481. The van der Waals surface area contributed by atoms with E-state index in [-0.39, 0.29) is 5.41 Å². The molecule has 0 bridgehead atoms. The van der Waals surface area contributed by atoms with Crippen LogP contribution in [-0.2, 0) is 11.8 Å². The third kappa shape index (κ3) is 5.75. The van der Waals surface area contributed by atoms with E-state index in [1.165, 1.54) is 11.1 Å². The van der Waals surface area contributed by atoms with E-state index in [2.05, 4.69) is 30.0 Å². The van der Waals surface area contributed by atoms with Gasteiger partial charge in [0, 0.05) is 39.6 Å². The number of aliphatic hydroxyl groups is 2. The lowest BCUT2D eigenvalue weighted by Gasteiger charge is -2.38. The largest absolute Gasteiger partial charge is 0.492 e. The molecular weight excluding hydrogens is 457 g/mol. The van der Waals surface area contributed by atoms with Crippen molar-refractivity contribution in [3.05, 3.63) is 62.6 Å². The van der Waals surface area contributed by atoms with Crippen molar-refractivity contribution in [2.24, 2.45) is 0 Å². The Kier molecular flexibility index (Phi) is 8.03. The van der Waals surface area contributed by atoms with E-state index in [9.17, 15) is 0 Å². The lowest BCUT2D eigenvalue weighted by Crippen LogP contribution is -2.44. The van der Waals surface area contributed by atoms with Crippen LogP contribution in [0.1, 0.15) is 61.3 Å². The highest BCUT2D eigenvalue weighted by molar-refractivity contribution is 6.37. The Balaban J connectivity index is 1.44. The number of likely N-dealkylation sites (tertiary alicyclic amines) is 1. The summed E-state index contributed by atoms with van der Waals surface area (Å²) in [4.78, 5) is 2.31. The minimum absolute atomic E-state index is 0.0623. The van der Waals surface area contributed by atoms with Crippen LogP contribution in [0.4, 0.5) is 0 Å². The van der Waals surface area contributed by atoms with E-state index in [1.54, 1.807) is 0 Å². The summed E-state index contributed by atoms with van der Waals surface area (Å²) in [5, 5.41) is 19.6. The standard InChI is InChI=1S/C27H33Cl2NO3/c1-2-3-4-20-15-23(28)21(24(29)16-20)7-5-19-6-8-22-25(17-19)33-18-27(22)10-13-30(14-11-27)12-9-26(31)32/h5-8,15-17,26,31-32H,2-4,9-14,18H2,1H3/b7-5+. The van der Waals surface area contributed by atoms with E-state index in [4.69, 9.17) is 38.2 Å². The van der Waals surface area contributed by atoms with E-state index in [1.807, 2.05) is 24.3 Å². The average Bonchev–Trinajstić information content (AvgIpc) is 3.14. The number of aliphatic hydroxyl groups excluding tert-OH is 1. The smallest absolute Gasteiger partial charge is 0.152 e. The molecule has 0 radical (unpaired) electrons. The van der Waals surface area contributed by atoms with Crippen LogP contribution in [0.25, 0.3) is 12.2 Å². The molecule has 1 spiro atoms. The fourth-order valence-corrected chi connectivity index (χ4v) is 5.57. The molecular formula is C27H33Cl2NO3. The minimum Gasteiger partial charge on any atom is -0.492 e. The van der Waals surface area contributed by atoms with Gasteiger partial charge in [0.15, 0.2) is 6.29 Å². The molecule has 2 aliphatic heterocycles. The summed E-state index contributed by atoms with van der Waals surface area (Å²) in [5.74, 6) is 0.962. The molecule has 4 nitrogen and oxygen atoms in total. The maximum absolute atomic E-state index is 9.12. The van der Waals surface area contributed by atoms with Crippen molar-refractivity contribution in [1.82, 2.24) is 4.90 Å². The number of halogens is 2. The number of nitrogens with zero attached hydrogens (tertiary/aromatic N) is 1. The van der Waals surface area contributed by atoms with Gasteiger partial charge < -0.3 is 19.8 Å². The molecule has 1 saturated heterocycles. The van der Waals surface area contributed by atoms with Gasteiger partial charge in [0.25, 0.3) is 0 Å². The molecule has 178 valence electrons. The predicted octanol–water partition coefficient (Wildman–Crippen LogP) is 5.93. The van der Waals surface area contributed by atoms with Gasteiger partial charge >= 0.3 is 0 Å². The zero-order chi connectivity index (χ0) is 23.4. The van der Waals surface area contributed by atoms with E-state index < -0.39 is 6.29 Å². The quantitative estimate of drug-likeness (QED) is 0.356. The highest BCUT2D eigenvalue weighted by atomic mass is 35.5. The molecule has 0 aromatic heterocycles. The molecule has 0 atom stereocenters. The molecule has 2 aromatic rings. The molecule has 2 aliphatic rings. The number of hydrogen-bond acceptors (Lipinski definition) is 4. The van der Waals surface area contributed by atoms with Crippen molar-refractivity contribution >= 4 is 35.4 Å². The third-order valence-corrected chi connectivity index (χ3v) is 7.62. The van der Waals surface area contributed by atoms with Crippen LogP contribution in [0.3, 0.4) is 0 Å². The molecule has 1 fully saturated rings. The maximum Gasteiger partial charge on any atom is 0.152 e. The van der Waals surface area contributed by atoms with Gasteiger partial charge in [0.05, 0.1) is 6.61 Å². The van der Waals surface area contributed by atoms with Gasteiger partial charge in [-0.1, -0.05) is 60.8 Å². The van der Waals surface area contributed by atoms with Crippen molar-refractivity contribution in [1.29, 1.82) is 0 Å². The molecule has 0 unspecified atom stereocenters. The summed E-state index contributed by atoms with van der Waals surface area (Å²) in [6.07, 6.45) is 8.49. The van der Waals surface area contributed by atoms with E-state index in [0.29, 0.717) is 23.1 Å². The van der Waals surface area contributed by atoms with Crippen LogP contribution < -0.4 is 4.74 Å². The molecule has 2 heterocycles. The van der Waals surface area contributed by atoms with Crippen LogP contribution >= 0.6 is 23.2 Å². The minimum atomic E-state index is -1.23. The zero-order valence-electron chi connectivity index (χ0n) is 19.2. The lowest BCUT2D eigenvalue weighted by atomic mass is 9.74. The summed E-state index contributed by atoms with van der Waals surface area (Å²) < 4.78 is 6.13. The Hall–Kier alpha value is -1.56. The first kappa shape index (κ1) is 24.6. The first-order valence-electron chi connectivity index (χ1n) is 11.9. The second kappa shape index (κ2) is 10.8. The second-order valence-electron chi connectivity index (χ2n) is 9.35. The highest BCUT2D eigenvalue weighted by Crippen LogP contribution is 2.46. The number of aryl methyl sites for hydroxylation is 1. The molecule has 2 aromatic carbocycles. The Morgan fingerprint density at radius 2 is 1.82 bits per heavy atom. The average molecular weight is 490 g/mol. The normalized spacial score (nSPS) is 17.8. The summed E-state index contributed by atoms with van der Waals surface area (Å²) in [7, 11) is 0. The summed E-state index contributed by atoms with van der Waals surface area (Å²) in [6.45, 7) is 5.50. The van der Waals surface area contributed by atoms with Crippen LogP contribution in [0.15, 0.2) is 30.3 Å². The summed E-state index contributed by atoms with van der Waals surface area (Å²) in [5.41, 5.74) is 4.43. The van der Waals surface area contributed by atoms with Crippen molar-refractivity contribution < 1.29 is 14.9 Å². The van der Waals surface area contributed by atoms with Crippen LogP contribution in [-0.4, -0.2) is 47.6 Å². The number of hydrogen-bond donors (Lipinski definition) is 2. The lowest BCUT2D eigenvalue weighted by molar-refractivity contribution is -0.0520. The Morgan fingerprint density at radius 3 is 2.48 bits per heavy atom. The fourth-order valence-electron chi connectivity index (χ4n) is 4.91. The maximum atomic E-state index is 9.12. The Morgan fingerprint density at radius 1 is 1.09 bits per heavy atom. The molecule has 0 aliphatic carbocycles. The van der Waals surface area contributed by atoms with Gasteiger partial charge in [-0.05, 0) is 68.1 Å². The summed E-state index contributed by atoms with van der Waals surface area (Å²) >= 11 is 13.1. The highest BCUT2D eigenvalue weighted by Gasteiger charge is 2.42. The van der Waals surface area contributed by atoms with Crippen molar-refractivity contribution in [3.8, 4) is 5.75 Å². The number of fused-ring (bicyclic) bond motifs is 2. The van der Waals surface area contributed by atoms with Crippen molar-refractivity contribution in [3.63, 3.8) is 0 Å². The first-order chi connectivity index (χ1) is 15.9. The van der Waals surface area contributed by atoms with Crippen molar-refractivity contribution in [2.45, 2.75) is 57.2 Å². The number of piperidine rings is 1. The third-order valence-electron chi connectivity index (χ3n) is 7.00. The molecule has 2 N–H and O–H groups in total. The van der Waals surface area contributed by atoms with Crippen LogP contribution in [0, 0.1) is 0 Å². The second-order valence-corrected chi connectivity index (χ2v) is 10.2. The first-order valence-corrected chi connectivity index (χ1v) is 12.7. The van der Waals surface area contributed by atoms with Gasteiger partial charge in [0.1, 0.15) is 5.75 Å². The monoisotopic (exact) mass is 489 g/mol. The van der Waals surface area contributed by atoms with E-state index in [0.717, 1.165) is 68.6 Å². The molecule has 33 heavy (non-hydrogen) atoms. The van der Waals surface area contributed by atoms with E-state index >= 15 is 0 Å². The van der Waals surface area contributed by atoms with Crippen LogP contribution in [0.5, 0.6) is 5.75 Å². The van der Waals surface area contributed by atoms with Gasteiger partial charge in [-0.3, -0.25) is 0 Å². The number of unbranched alkanes of at least 4 members (excludes halogenated alkanes) is 1. The van der Waals surface area contributed by atoms with Gasteiger partial charge in [-0.15, -0.1) is 0 Å². The molecule has 4 rings (SSSR count). The zero-order valence-corrected chi connectivity index (χ0v) is 20.7. The molecule has 0 amide bonds.